The van der Waals surface area contributed by atoms with Crippen LogP contribution in [0, 0.1) is 11.8 Å². The van der Waals surface area contributed by atoms with E-state index >= 15 is 0 Å². The molecule has 0 aromatic rings. The Balaban J connectivity index is 2.25. The van der Waals surface area contributed by atoms with Gasteiger partial charge in [-0.1, -0.05) is 19.8 Å². The van der Waals surface area contributed by atoms with Crippen molar-refractivity contribution in [3.8, 4) is 0 Å². The van der Waals surface area contributed by atoms with Crippen LogP contribution in [0.4, 0.5) is 4.79 Å². The molecular weight excluding hydrogens is 252 g/mol. The van der Waals surface area contributed by atoms with E-state index in [0.29, 0.717) is 24.8 Å². The summed E-state index contributed by atoms with van der Waals surface area (Å²) in [6.07, 6.45) is 4.73. The first-order valence-corrected chi connectivity index (χ1v) is 7.68. The number of carbonyl (C=O) groups is 2. The Hall–Kier alpha value is -0.910. The zero-order chi connectivity index (χ0) is 13.5. The molecule has 0 saturated heterocycles. The fraction of sp³-hybridized carbons (Fsp3) is 0.833. The summed E-state index contributed by atoms with van der Waals surface area (Å²) in [7, 11) is 0. The standard InChI is InChI=1S/C12H22N2O3S/c1-8(7-18-2)6-13-12(17)14-10(11(15)16)5-9-3-4-9/h8-10H,3-7H2,1-2H3,(H,15,16)(H2,13,14,17)/t8?,10-/m0/s1. The Kier molecular flexibility index (Phi) is 6.32. The third-order valence-corrected chi connectivity index (χ3v) is 3.83. The van der Waals surface area contributed by atoms with E-state index in [1.54, 1.807) is 11.8 Å². The lowest BCUT2D eigenvalue weighted by atomic mass is 10.1. The maximum Gasteiger partial charge on any atom is 0.326 e. The Labute approximate surface area is 112 Å². The van der Waals surface area contributed by atoms with E-state index in [1.807, 2.05) is 6.26 Å². The number of carboxylic acids is 1. The number of carboxylic acid groups (broad SMARTS) is 1. The van der Waals surface area contributed by atoms with Gasteiger partial charge < -0.3 is 15.7 Å². The fourth-order valence-corrected chi connectivity index (χ4v) is 2.41. The topological polar surface area (TPSA) is 78.4 Å². The van der Waals surface area contributed by atoms with Gasteiger partial charge >= 0.3 is 12.0 Å². The molecule has 2 atom stereocenters. The van der Waals surface area contributed by atoms with Crippen molar-refractivity contribution in [3.05, 3.63) is 0 Å². The molecule has 0 spiro atoms. The van der Waals surface area contributed by atoms with E-state index in [9.17, 15) is 9.59 Å². The van der Waals surface area contributed by atoms with Gasteiger partial charge in [0.2, 0.25) is 0 Å². The smallest absolute Gasteiger partial charge is 0.326 e. The highest BCUT2D eigenvalue weighted by Gasteiger charge is 2.30. The molecule has 104 valence electrons. The SMILES string of the molecule is CSCC(C)CNC(=O)N[C@@H](CC1CC1)C(=O)O. The highest BCUT2D eigenvalue weighted by Crippen LogP contribution is 2.33. The van der Waals surface area contributed by atoms with Crippen LogP contribution in [0.1, 0.15) is 26.2 Å². The second-order valence-electron chi connectivity index (χ2n) is 4.98. The molecule has 0 aromatic carbocycles. The van der Waals surface area contributed by atoms with E-state index in [4.69, 9.17) is 5.11 Å². The van der Waals surface area contributed by atoms with E-state index in [1.165, 1.54) is 0 Å². The minimum atomic E-state index is -0.950. The van der Waals surface area contributed by atoms with Crippen LogP contribution in [-0.4, -0.2) is 41.7 Å². The van der Waals surface area contributed by atoms with Crippen molar-refractivity contribution in [3.63, 3.8) is 0 Å². The van der Waals surface area contributed by atoms with Gasteiger partial charge in [0.05, 0.1) is 0 Å². The number of urea groups is 1. The third kappa shape index (κ3) is 6.14. The zero-order valence-corrected chi connectivity index (χ0v) is 11.8. The Morgan fingerprint density at radius 3 is 2.61 bits per heavy atom. The van der Waals surface area contributed by atoms with E-state index in [0.717, 1.165) is 18.6 Å². The molecule has 0 heterocycles. The average Bonchev–Trinajstić information content (AvgIpc) is 3.09. The van der Waals surface area contributed by atoms with Crippen molar-refractivity contribution in [2.24, 2.45) is 11.8 Å². The fourth-order valence-electron chi connectivity index (χ4n) is 1.73. The molecule has 0 radical (unpaired) electrons. The Morgan fingerprint density at radius 1 is 1.44 bits per heavy atom. The van der Waals surface area contributed by atoms with E-state index in [-0.39, 0.29) is 6.03 Å². The van der Waals surface area contributed by atoms with Crippen LogP contribution in [0.15, 0.2) is 0 Å². The lowest BCUT2D eigenvalue weighted by Crippen LogP contribution is -2.47. The minimum absolute atomic E-state index is 0.379. The van der Waals surface area contributed by atoms with Gasteiger partial charge in [-0.15, -0.1) is 0 Å². The molecule has 0 aromatic heterocycles. The molecule has 1 fully saturated rings. The van der Waals surface area contributed by atoms with Crippen LogP contribution < -0.4 is 10.6 Å². The lowest BCUT2D eigenvalue weighted by molar-refractivity contribution is -0.139. The number of carbonyl (C=O) groups excluding carboxylic acids is 1. The number of aliphatic carboxylic acids is 1. The summed E-state index contributed by atoms with van der Waals surface area (Å²) in [6, 6.07) is -1.13. The minimum Gasteiger partial charge on any atom is -0.480 e. The maximum atomic E-state index is 11.6. The van der Waals surface area contributed by atoms with E-state index < -0.39 is 12.0 Å². The predicted molar refractivity (Wildman–Crippen MR) is 72.8 cm³/mol. The van der Waals surface area contributed by atoms with Crippen molar-refractivity contribution in [1.29, 1.82) is 0 Å². The molecule has 1 unspecified atom stereocenters. The number of hydrogen-bond donors (Lipinski definition) is 3. The van der Waals surface area contributed by atoms with Crippen LogP contribution in [0.5, 0.6) is 0 Å². The second kappa shape index (κ2) is 7.51. The van der Waals surface area contributed by atoms with Crippen molar-refractivity contribution >= 4 is 23.8 Å². The van der Waals surface area contributed by atoms with Gasteiger partial charge in [-0.05, 0) is 30.3 Å². The van der Waals surface area contributed by atoms with Crippen molar-refractivity contribution < 1.29 is 14.7 Å². The van der Waals surface area contributed by atoms with Crippen LogP contribution in [0.3, 0.4) is 0 Å². The summed E-state index contributed by atoms with van der Waals surface area (Å²) in [6.45, 7) is 2.62. The molecule has 1 rings (SSSR count). The Bertz CT molecular complexity index is 295. The van der Waals surface area contributed by atoms with Gasteiger partial charge in [0.1, 0.15) is 6.04 Å². The summed E-state index contributed by atoms with van der Waals surface area (Å²) < 4.78 is 0. The number of rotatable bonds is 8. The average molecular weight is 274 g/mol. The first-order valence-electron chi connectivity index (χ1n) is 6.29. The highest BCUT2D eigenvalue weighted by atomic mass is 32.2. The lowest BCUT2D eigenvalue weighted by Gasteiger charge is -2.16. The summed E-state index contributed by atoms with van der Waals surface area (Å²) in [5.74, 6) is 0.888. The maximum absolute atomic E-state index is 11.6. The normalized spacial score (nSPS) is 17.9. The Morgan fingerprint density at radius 2 is 2.11 bits per heavy atom. The van der Waals surface area contributed by atoms with E-state index in [2.05, 4.69) is 17.6 Å². The molecule has 0 bridgehead atoms. The van der Waals surface area contributed by atoms with Gasteiger partial charge in [-0.2, -0.15) is 11.8 Å². The van der Waals surface area contributed by atoms with Gasteiger partial charge in [-0.3, -0.25) is 0 Å². The molecule has 3 N–H and O–H groups in total. The number of amides is 2. The summed E-state index contributed by atoms with van der Waals surface area (Å²) >= 11 is 1.73. The monoisotopic (exact) mass is 274 g/mol. The molecule has 2 amide bonds. The van der Waals surface area contributed by atoms with Crippen LogP contribution >= 0.6 is 11.8 Å². The van der Waals surface area contributed by atoms with Crippen molar-refractivity contribution in [2.75, 3.05) is 18.6 Å². The molecular formula is C12H22N2O3S. The molecule has 1 aliphatic rings. The molecule has 5 nitrogen and oxygen atoms in total. The third-order valence-electron chi connectivity index (χ3n) is 2.93. The molecule has 1 saturated carbocycles. The van der Waals surface area contributed by atoms with Crippen LogP contribution in [-0.2, 0) is 4.79 Å². The summed E-state index contributed by atoms with van der Waals surface area (Å²) in [4.78, 5) is 22.6. The summed E-state index contributed by atoms with van der Waals surface area (Å²) in [5, 5.41) is 14.3. The first-order chi connectivity index (χ1) is 8.52. The van der Waals surface area contributed by atoms with Crippen LogP contribution in [0.25, 0.3) is 0 Å². The first kappa shape index (κ1) is 15.1. The van der Waals surface area contributed by atoms with Gasteiger partial charge in [0.15, 0.2) is 0 Å². The van der Waals surface area contributed by atoms with Crippen molar-refractivity contribution in [2.45, 2.75) is 32.2 Å². The van der Waals surface area contributed by atoms with Gasteiger partial charge in [0, 0.05) is 6.54 Å². The molecule has 18 heavy (non-hydrogen) atoms. The molecule has 6 heteroatoms. The number of nitrogens with one attached hydrogen (secondary N) is 2. The highest BCUT2D eigenvalue weighted by molar-refractivity contribution is 7.98. The predicted octanol–water partition coefficient (Wildman–Crippen LogP) is 1.54. The largest absolute Gasteiger partial charge is 0.480 e. The quantitative estimate of drug-likeness (QED) is 0.627. The van der Waals surface area contributed by atoms with Gasteiger partial charge in [0.25, 0.3) is 0 Å². The summed E-state index contributed by atoms with van der Waals surface area (Å²) in [5.41, 5.74) is 0. The number of thioether (sulfide) groups is 1. The molecule has 0 aliphatic heterocycles. The van der Waals surface area contributed by atoms with Crippen molar-refractivity contribution in [1.82, 2.24) is 10.6 Å². The second-order valence-corrected chi connectivity index (χ2v) is 5.90. The number of hydrogen-bond acceptors (Lipinski definition) is 3. The van der Waals surface area contributed by atoms with Crippen LogP contribution in [0.2, 0.25) is 0 Å². The molecule has 1 aliphatic carbocycles. The zero-order valence-electron chi connectivity index (χ0n) is 10.9. The van der Waals surface area contributed by atoms with Gasteiger partial charge in [-0.25, -0.2) is 9.59 Å².